The van der Waals surface area contributed by atoms with Crippen LogP contribution in [-0.4, -0.2) is 18.4 Å². The summed E-state index contributed by atoms with van der Waals surface area (Å²) in [7, 11) is 0. The molecular formula is C13H18O3. The summed E-state index contributed by atoms with van der Waals surface area (Å²) in [5, 5.41) is 0. The van der Waals surface area contributed by atoms with Crippen LogP contribution in [0.1, 0.15) is 38.5 Å². The third kappa shape index (κ3) is 3.40. The van der Waals surface area contributed by atoms with Gasteiger partial charge in [0.25, 0.3) is 0 Å². The average Bonchev–Trinajstić information content (AvgIpc) is 2.31. The van der Waals surface area contributed by atoms with E-state index in [9.17, 15) is 4.79 Å². The molecule has 3 heteroatoms. The first-order chi connectivity index (χ1) is 7.84. The van der Waals surface area contributed by atoms with Crippen LogP contribution in [0.25, 0.3) is 0 Å². The van der Waals surface area contributed by atoms with Gasteiger partial charge in [0, 0.05) is 12.8 Å². The average molecular weight is 222 g/mol. The Morgan fingerprint density at radius 1 is 0.875 bits per heavy atom. The van der Waals surface area contributed by atoms with E-state index in [-0.39, 0.29) is 12.2 Å². The minimum absolute atomic E-state index is 0.0108. The Morgan fingerprint density at radius 2 is 1.38 bits per heavy atom. The maximum absolute atomic E-state index is 11.5. The fraction of sp³-hybridized carbons (Fsp3) is 0.615. The van der Waals surface area contributed by atoms with Crippen LogP contribution >= 0.6 is 0 Å². The molecular weight excluding hydrogens is 204 g/mol. The van der Waals surface area contributed by atoms with Crippen molar-refractivity contribution < 1.29 is 14.3 Å². The molecule has 0 aromatic rings. The van der Waals surface area contributed by atoms with E-state index < -0.39 is 6.16 Å². The third-order valence-corrected chi connectivity index (χ3v) is 2.97. The number of allylic oxidation sites excluding steroid dienone is 2. The van der Waals surface area contributed by atoms with Crippen molar-refractivity contribution in [3.8, 4) is 0 Å². The Labute approximate surface area is 96.1 Å². The lowest BCUT2D eigenvalue weighted by atomic mass is 10.0. The lowest BCUT2D eigenvalue weighted by Gasteiger charge is -2.22. The Bertz CT molecular complexity index is 266. The Kier molecular flexibility index (Phi) is 4.03. The summed E-state index contributed by atoms with van der Waals surface area (Å²) in [5.41, 5.74) is 0. The number of hydrogen-bond donors (Lipinski definition) is 0. The molecule has 0 bridgehead atoms. The van der Waals surface area contributed by atoms with Crippen LogP contribution in [0.4, 0.5) is 4.79 Å². The van der Waals surface area contributed by atoms with Gasteiger partial charge in [-0.1, -0.05) is 24.3 Å². The highest BCUT2D eigenvalue weighted by molar-refractivity contribution is 5.60. The molecule has 0 spiro atoms. The fourth-order valence-electron chi connectivity index (χ4n) is 2.05. The van der Waals surface area contributed by atoms with E-state index in [1.54, 1.807) is 0 Å². The molecule has 2 rings (SSSR count). The van der Waals surface area contributed by atoms with E-state index in [1.165, 1.54) is 0 Å². The van der Waals surface area contributed by atoms with E-state index >= 15 is 0 Å². The number of rotatable bonds is 2. The van der Waals surface area contributed by atoms with Gasteiger partial charge in [-0.2, -0.15) is 0 Å². The van der Waals surface area contributed by atoms with Crippen LogP contribution in [0.2, 0.25) is 0 Å². The zero-order valence-electron chi connectivity index (χ0n) is 9.43. The van der Waals surface area contributed by atoms with Gasteiger partial charge in [-0.3, -0.25) is 0 Å². The molecule has 0 saturated carbocycles. The second-order valence-corrected chi connectivity index (χ2v) is 4.30. The van der Waals surface area contributed by atoms with Crippen molar-refractivity contribution in [1.29, 1.82) is 0 Å². The predicted octanol–water partition coefficient (Wildman–Crippen LogP) is 3.36. The lowest BCUT2D eigenvalue weighted by Crippen LogP contribution is -2.24. The first-order valence-electron chi connectivity index (χ1n) is 6.02. The highest BCUT2D eigenvalue weighted by atomic mass is 16.7. The van der Waals surface area contributed by atoms with Crippen molar-refractivity contribution in [2.24, 2.45) is 0 Å². The molecule has 88 valence electrons. The molecule has 0 amide bonds. The Balaban J connectivity index is 1.71. The highest BCUT2D eigenvalue weighted by Gasteiger charge is 2.20. The van der Waals surface area contributed by atoms with Crippen molar-refractivity contribution in [3.63, 3.8) is 0 Å². The van der Waals surface area contributed by atoms with Crippen LogP contribution in [0.15, 0.2) is 24.3 Å². The maximum Gasteiger partial charge on any atom is 0.508 e. The third-order valence-electron chi connectivity index (χ3n) is 2.97. The molecule has 0 radical (unpaired) electrons. The second-order valence-electron chi connectivity index (χ2n) is 4.30. The van der Waals surface area contributed by atoms with E-state index in [4.69, 9.17) is 9.47 Å². The van der Waals surface area contributed by atoms with Crippen molar-refractivity contribution in [2.75, 3.05) is 0 Å². The summed E-state index contributed by atoms with van der Waals surface area (Å²) in [6, 6.07) is 0. The van der Waals surface area contributed by atoms with Crippen molar-refractivity contribution in [2.45, 2.75) is 50.7 Å². The van der Waals surface area contributed by atoms with Gasteiger partial charge >= 0.3 is 6.16 Å². The van der Waals surface area contributed by atoms with Crippen LogP contribution in [0, 0.1) is 0 Å². The lowest BCUT2D eigenvalue weighted by molar-refractivity contribution is -0.00552. The summed E-state index contributed by atoms with van der Waals surface area (Å²) in [5.74, 6) is 0. The van der Waals surface area contributed by atoms with E-state index in [0.717, 1.165) is 38.5 Å². The van der Waals surface area contributed by atoms with Crippen molar-refractivity contribution in [3.05, 3.63) is 24.3 Å². The molecule has 3 nitrogen and oxygen atoms in total. The topological polar surface area (TPSA) is 35.5 Å². The van der Waals surface area contributed by atoms with Gasteiger partial charge in [0.2, 0.25) is 0 Å². The molecule has 0 N–H and O–H groups in total. The molecule has 2 atom stereocenters. The quantitative estimate of drug-likeness (QED) is 0.531. The molecule has 16 heavy (non-hydrogen) atoms. The molecule has 0 aromatic heterocycles. The van der Waals surface area contributed by atoms with Crippen LogP contribution < -0.4 is 0 Å². The van der Waals surface area contributed by atoms with Crippen molar-refractivity contribution in [1.82, 2.24) is 0 Å². The number of carbonyl (C=O) groups is 1. The zero-order chi connectivity index (χ0) is 11.2. The largest absolute Gasteiger partial charge is 0.508 e. The first kappa shape index (κ1) is 11.2. The minimum atomic E-state index is -0.499. The van der Waals surface area contributed by atoms with Crippen molar-refractivity contribution >= 4 is 6.16 Å². The van der Waals surface area contributed by atoms with Gasteiger partial charge in [-0.25, -0.2) is 4.79 Å². The van der Waals surface area contributed by atoms with Crippen LogP contribution in [-0.2, 0) is 9.47 Å². The second kappa shape index (κ2) is 5.73. The molecule has 0 aromatic carbocycles. The molecule has 2 aliphatic rings. The summed E-state index contributed by atoms with van der Waals surface area (Å²) in [6.45, 7) is 0. The molecule has 0 aliphatic heterocycles. The first-order valence-corrected chi connectivity index (χ1v) is 6.02. The van der Waals surface area contributed by atoms with E-state index in [2.05, 4.69) is 24.3 Å². The molecule has 0 fully saturated rings. The fourth-order valence-corrected chi connectivity index (χ4v) is 2.05. The summed E-state index contributed by atoms with van der Waals surface area (Å²) < 4.78 is 10.5. The summed E-state index contributed by atoms with van der Waals surface area (Å²) >= 11 is 0. The standard InChI is InChI=1S/C13H18O3/c14-13(15-11-7-3-1-4-8-11)16-12-9-5-2-6-10-12/h1-3,5,11-12H,4,6-10H2. The van der Waals surface area contributed by atoms with Gasteiger partial charge in [0.05, 0.1) is 0 Å². The Hall–Kier alpha value is -1.25. The van der Waals surface area contributed by atoms with Crippen LogP contribution in [0.3, 0.4) is 0 Å². The predicted molar refractivity (Wildman–Crippen MR) is 61.1 cm³/mol. The summed E-state index contributed by atoms with van der Waals surface area (Å²) in [6.07, 6.45) is 13.3. The van der Waals surface area contributed by atoms with Gasteiger partial charge in [0.1, 0.15) is 12.2 Å². The number of carbonyl (C=O) groups excluding carboxylic acids is 1. The van der Waals surface area contributed by atoms with Crippen LogP contribution in [0.5, 0.6) is 0 Å². The maximum atomic E-state index is 11.5. The van der Waals surface area contributed by atoms with Gasteiger partial charge in [0.15, 0.2) is 0 Å². The van der Waals surface area contributed by atoms with Gasteiger partial charge in [-0.15, -0.1) is 0 Å². The van der Waals surface area contributed by atoms with Gasteiger partial charge in [-0.05, 0) is 25.7 Å². The minimum Gasteiger partial charge on any atom is -0.431 e. The van der Waals surface area contributed by atoms with E-state index in [1.807, 2.05) is 0 Å². The molecule has 0 heterocycles. The Morgan fingerprint density at radius 3 is 1.75 bits per heavy atom. The highest BCUT2D eigenvalue weighted by Crippen LogP contribution is 2.18. The normalized spacial score (nSPS) is 28.8. The SMILES string of the molecule is O=C(OC1CC=CCC1)OC1CC=CCC1. The molecule has 2 unspecified atom stereocenters. The smallest absolute Gasteiger partial charge is 0.431 e. The zero-order valence-corrected chi connectivity index (χ0v) is 9.43. The number of ether oxygens (including phenoxy) is 2. The summed E-state index contributed by atoms with van der Waals surface area (Å²) in [4.78, 5) is 11.5. The van der Waals surface area contributed by atoms with Gasteiger partial charge < -0.3 is 9.47 Å². The monoisotopic (exact) mass is 222 g/mol. The number of hydrogen-bond acceptors (Lipinski definition) is 3. The molecule has 2 aliphatic carbocycles. The van der Waals surface area contributed by atoms with E-state index in [0.29, 0.717) is 0 Å². The molecule has 0 saturated heterocycles.